The summed E-state index contributed by atoms with van der Waals surface area (Å²) >= 11 is 0. The van der Waals surface area contributed by atoms with Gasteiger partial charge in [-0.2, -0.15) is 5.10 Å². The third-order valence-corrected chi connectivity index (χ3v) is 5.20. The molecule has 1 aliphatic rings. The molecule has 0 saturated heterocycles. The number of fused-ring (bicyclic) bond motifs is 1. The van der Waals surface area contributed by atoms with E-state index in [9.17, 15) is 4.79 Å². The minimum Gasteiger partial charge on any atom is -0.369 e. The summed E-state index contributed by atoms with van der Waals surface area (Å²) in [5.41, 5.74) is 4.58. The van der Waals surface area contributed by atoms with E-state index in [4.69, 9.17) is 4.74 Å². The molecule has 3 aromatic rings. The van der Waals surface area contributed by atoms with E-state index in [1.165, 1.54) is 0 Å². The van der Waals surface area contributed by atoms with E-state index in [1.807, 2.05) is 62.8 Å². The van der Waals surface area contributed by atoms with E-state index in [1.54, 1.807) is 10.9 Å². The van der Waals surface area contributed by atoms with Crippen LogP contribution < -0.4 is 5.32 Å². The maximum Gasteiger partial charge on any atom is 0.270 e. The molecule has 0 fully saturated rings. The fourth-order valence-corrected chi connectivity index (χ4v) is 3.84. The van der Waals surface area contributed by atoms with Crippen molar-refractivity contribution in [1.29, 1.82) is 0 Å². The Bertz CT molecular complexity index is 1000. The first-order valence-corrected chi connectivity index (χ1v) is 9.52. The summed E-state index contributed by atoms with van der Waals surface area (Å²) in [4.78, 5) is 17.1. The number of imidazole rings is 1. The molecule has 0 unspecified atom stereocenters. The summed E-state index contributed by atoms with van der Waals surface area (Å²) < 4.78 is 9.52. The Labute approximate surface area is 164 Å². The van der Waals surface area contributed by atoms with Crippen molar-refractivity contribution >= 4 is 5.91 Å². The number of amides is 1. The number of nitrogens with one attached hydrogen (secondary N) is 1. The van der Waals surface area contributed by atoms with Crippen molar-refractivity contribution < 1.29 is 9.53 Å². The molecule has 7 nitrogen and oxygen atoms in total. The Hall–Kier alpha value is -2.93. The molecule has 2 aromatic heterocycles. The van der Waals surface area contributed by atoms with E-state index >= 15 is 0 Å². The number of hydrogen-bond donors (Lipinski definition) is 1. The molecule has 0 bridgehead atoms. The van der Waals surface area contributed by atoms with Crippen molar-refractivity contribution in [2.24, 2.45) is 7.05 Å². The second-order valence-corrected chi connectivity index (χ2v) is 7.32. The first-order chi connectivity index (χ1) is 13.4. The molecule has 0 radical (unpaired) electrons. The SMILES string of the molecule is Cc1nccn1-c1ccc(CNC(=O)c2c3c(nn2C)[C@H](C)O[C@H](C)C3)cc1. The van der Waals surface area contributed by atoms with Gasteiger partial charge in [0.2, 0.25) is 0 Å². The lowest BCUT2D eigenvalue weighted by molar-refractivity contribution is -0.00710. The maximum atomic E-state index is 12.9. The highest BCUT2D eigenvalue weighted by molar-refractivity contribution is 5.94. The van der Waals surface area contributed by atoms with Crippen LogP contribution in [0, 0.1) is 6.92 Å². The highest BCUT2D eigenvalue weighted by Gasteiger charge is 2.31. The molecule has 1 aliphatic heterocycles. The number of benzene rings is 1. The molecule has 0 aliphatic carbocycles. The van der Waals surface area contributed by atoms with Gasteiger partial charge in [0, 0.05) is 43.7 Å². The van der Waals surface area contributed by atoms with Crippen LogP contribution in [0.15, 0.2) is 36.7 Å². The fourth-order valence-electron chi connectivity index (χ4n) is 3.84. The van der Waals surface area contributed by atoms with Gasteiger partial charge in [0.1, 0.15) is 11.5 Å². The molecule has 1 aromatic carbocycles. The highest BCUT2D eigenvalue weighted by atomic mass is 16.5. The predicted octanol–water partition coefficient (Wildman–Crippen LogP) is 2.87. The number of hydrogen-bond acceptors (Lipinski definition) is 4. The lowest BCUT2D eigenvalue weighted by atomic mass is 9.99. The number of ether oxygens (including phenoxy) is 1. The van der Waals surface area contributed by atoms with Gasteiger partial charge in [0.15, 0.2) is 0 Å². The predicted molar refractivity (Wildman–Crippen MR) is 105 cm³/mol. The maximum absolute atomic E-state index is 12.9. The third-order valence-electron chi connectivity index (χ3n) is 5.20. The average Bonchev–Trinajstić information content (AvgIpc) is 3.23. The standard InChI is InChI=1S/C21H25N5O2/c1-13-11-18-19(14(2)28-13)24-25(4)20(18)21(27)23-12-16-5-7-17(8-6-16)26-10-9-22-15(26)3/h5-10,13-14H,11-12H2,1-4H3,(H,23,27)/t13-,14+/m1/s1. The summed E-state index contributed by atoms with van der Waals surface area (Å²) in [7, 11) is 1.81. The van der Waals surface area contributed by atoms with Crippen LogP contribution in [-0.2, 0) is 24.8 Å². The van der Waals surface area contributed by atoms with E-state index in [2.05, 4.69) is 15.4 Å². The average molecular weight is 379 g/mol. The van der Waals surface area contributed by atoms with Gasteiger partial charge in [-0.25, -0.2) is 4.98 Å². The van der Waals surface area contributed by atoms with Crippen molar-refractivity contribution in [3.8, 4) is 5.69 Å². The first kappa shape index (κ1) is 18.4. The van der Waals surface area contributed by atoms with E-state index in [0.717, 1.165) is 28.3 Å². The zero-order valence-electron chi connectivity index (χ0n) is 16.6. The quantitative estimate of drug-likeness (QED) is 0.756. The number of aromatic nitrogens is 4. The largest absolute Gasteiger partial charge is 0.369 e. The topological polar surface area (TPSA) is 74.0 Å². The Balaban J connectivity index is 1.48. The monoisotopic (exact) mass is 379 g/mol. The third kappa shape index (κ3) is 3.33. The second-order valence-electron chi connectivity index (χ2n) is 7.32. The van der Waals surface area contributed by atoms with E-state index in [0.29, 0.717) is 18.7 Å². The number of carbonyl (C=O) groups excluding carboxylic acids is 1. The molecule has 146 valence electrons. The molecule has 0 spiro atoms. The van der Waals surface area contributed by atoms with Gasteiger partial charge in [-0.1, -0.05) is 12.1 Å². The molecule has 0 saturated carbocycles. The van der Waals surface area contributed by atoms with Crippen molar-refractivity contribution in [3.05, 3.63) is 65.0 Å². The molecule has 28 heavy (non-hydrogen) atoms. The van der Waals surface area contributed by atoms with Crippen LogP contribution in [0.4, 0.5) is 0 Å². The number of carbonyl (C=O) groups is 1. The lowest BCUT2D eigenvalue weighted by Gasteiger charge is -2.24. The molecule has 1 amide bonds. The number of aryl methyl sites for hydroxylation is 2. The Kier molecular flexibility index (Phi) is 4.77. The number of rotatable bonds is 4. The Morgan fingerprint density at radius 3 is 2.71 bits per heavy atom. The van der Waals surface area contributed by atoms with E-state index < -0.39 is 0 Å². The summed E-state index contributed by atoms with van der Waals surface area (Å²) in [6, 6.07) is 8.10. The lowest BCUT2D eigenvalue weighted by Crippen LogP contribution is -2.28. The zero-order valence-corrected chi connectivity index (χ0v) is 16.6. The van der Waals surface area contributed by atoms with Crippen LogP contribution in [0.2, 0.25) is 0 Å². The minimum absolute atomic E-state index is 0.0810. The summed E-state index contributed by atoms with van der Waals surface area (Å²) in [5, 5.41) is 7.54. The number of nitrogens with zero attached hydrogens (tertiary/aromatic N) is 4. The van der Waals surface area contributed by atoms with Gasteiger partial charge in [-0.3, -0.25) is 9.48 Å². The van der Waals surface area contributed by atoms with E-state index in [-0.39, 0.29) is 18.1 Å². The van der Waals surface area contributed by atoms with Gasteiger partial charge < -0.3 is 14.6 Å². The van der Waals surface area contributed by atoms with Crippen LogP contribution in [0.3, 0.4) is 0 Å². The van der Waals surface area contributed by atoms with Crippen LogP contribution in [0.5, 0.6) is 0 Å². The Morgan fingerprint density at radius 1 is 1.29 bits per heavy atom. The van der Waals surface area contributed by atoms with Gasteiger partial charge in [-0.15, -0.1) is 0 Å². The van der Waals surface area contributed by atoms with Crippen LogP contribution in [-0.4, -0.2) is 31.3 Å². The highest BCUT2D eigenvalue weighted by Crippen LogP contribution is 2.31. The smallest absolute Gasteiger partial charge is 0.270 e. The summed E-state index contributed by atoms with van der Waals surface area (Å²) in [5.74, 6) is 0.835. The molecular weight excluding hydrogens is 354 g/mol. The van der Waals surface area contributed by atoms with Crippen molar-refractivity contribution in [2.45, 2.75) is 45.9 Å². The molecule has 2 atom stereocenters. The van der Waals surface area contributed by atoms with Gasteiger partial charge in [0.25, 0.3) is 5.91 Å². The molecule has 7 heteroatoms. The van der Waals surface area contributed by atoms with Crippen molar-refractivity contribution in [2.75, 3.05) is 0 Å². The van der Waals surface area contributed by atoms with Gasteiger partial charge in [0.05, 0.1) is 17.9 Å². The van der Waals surface area contributed by atoms with Gasteiger partial charge in [-0.05, 0) is 38.5 Å². The molecule has 1 N–H and O–H groups in total. The first-order valence-electron chi connectivity index (χ1n) is 9.52. The minimum atomic E-state index is -0.105. The van der Waals surface area contributed by atoms with Crippen molar-refractivity contribution in [3.63, 3.8) is 0 Å². The normalized spacial score (nSPS) is 18.7. The van der Waals surface area contributed by atoms with Crippen LogP contribution in [0.25, 0.3) is 5.69 Å². The molecule has 4 rings (SSSR count). The summed E-state index contributed by atoms with van der Waals surface area (Å²) in [6.07, 6.45) is 4.41. The molecular formula is C21H25N5O2. The van der Waals surface area contributed by atoms with Crippen LogP contribution >= 0.6 is 0 Å². The Morgan fingerprint density at radius 2 is 2.04 bits per heavy atom. The molecule has 3 heterocycles. The van der Waals surface area contributed by atoms with Crippen LogP contribution in [0.1, 0.15) is 53.1 Å². The summed E-state index contributed by atoms with van der Waals surface area (Å²) in [6.45, 7) is 6.43. The zero-order chi connectivity index (χ0) is 19.8. The fraction of sp³-hybridized carbons (Fsp3) is 0.381. The van der Waals surface area contributed by atoms with Crippen molar-refractivity contribution in [1.82, 2.24) is 24.6 Å². The van der Waals surface area contributed by atoms with Gasteiger partial charge >= 0.3 is 0 Å². The second kappa shape index (κ2) is 7.24.